The van der Waals surface area contributed by atoms with Gasteiger partial charge >= 0.3 is 0 Å². The smallest absolute Gasteiger partial charge is 0.289 e. The van der Waals surface area contributed by atoms with Crippen LogP contribution in [0.5, 0.6) is 0 Å². The van der Waals surface area contributed by atoms with E-state index in [4.69, 9.17) is 9.15 Å². The van der Waals surface area contributed by atoms with Crippen molar-refractivity contribution in [1.29, 1.82) is 0 Å². The number of carbonyl (C=O) groups is 1. The number of aromatic nitrogens is 1. The van der Waals surface area contributed by atoms with Gasteiger partial charge in [0.1, 0.15) is 0 Å². The van der Waals surface area contributed by atoms with Crippen molar-refractivity contribution in [1.82, 2.24) is 9.88 Å². The average molecular weight is 346 g/mol. The molecule has 1 aromatic carbocycles. The number of hydrogen-bond donors (Lipinski definition) is 1. The van der Waals surface area contributed by atoms with E-state index in [0.29, 0.717) is 5.76 Å². The van der Waals surface area contributed by atoms with E-state index in [1.165, 1.54) is 23.3 Å². The number of fused-ring (bicyclic) bond motifs is 1. The lowest BCUT2D eigenvalue weighted by molar-refractivity contribution is 0.0368. The first-order chi connectivity index (χ1) is 11.6. The third kappa shape index (κ3) is 3.48. The van der Waals surface area contributed by atoms with Gasteiger partial charge in [-0.15, -0.1) is 11.3 Å². The number of amides is 1. The highest BCUT2D eigenvalue weighted by Crippen LogP contribution is 2.31. The highest BCUT2D eigenvalue weighted by molar-refractivity contribution is 7.21. The maximum absolute atomic E-state index is 12.4. The molecule has 0 spiro atoms. The van der Waals surface area contributed by atoms with Crippen molar-refractivity contribution in [3.8, 4) is 10.8 Å². The molecule has 126 valence electrons. The van der Waals surface area contributed by atoms with Gasteiger partial charge in [-0.05, 0) is 24.3 Å². The predicted octanol–water partition coefficient (Wildman–Crippen LogP) is 2.64. The lowest BCUT2D eigenvalue weighted by Gasteiger charge is -2.19. The number of thiazole rings is 1. The summed E-state index contributed by atoms with van der Waals surface area (Å²) in [4.78, 5) is 18.3. The topological polar surface area (TPSA) is 75.8 Å². The molecule has 1 atom stereocenters. The standard InChI is InChI=1S/C17H18N2O4S/c1-19(9-11(20)10-22-2)17(21)14-8-7-13(23-14)16-18-12-5-3-4-6-15(12)24-16/h3-8,11,20H,9-10H2,1-2H3. The van der Waals surface area contributed by atoms with Crippen LogP contribution in [-0.2, 0) is 4.74 Å². The van der Waals surface area contributed by atoms with Gasteiger partial charge in [0.05, 0.1) is 22.9 Å². The number of aliphatic hydroxyl groups excluding tert-OH is 1. The van der Waals surface area contributed by atoms with Crippen LogP contribution in [0.1, 0.15) is 10.6 Å². The number of likely N-dealkylation sites (N-methyl/N-ethyl adjacent to an activating group) is 1. The minimum atomic E-state index is -0.734. The molecule has 0 saturated carbocycles. The monoisotopic (exact) mass is 346 g/mol. The minimum Gasteiger partial charge on any atom is -0.448 e. The number of aliphatic hydroxyl groups is 1. The molecule has 1 N–H and O–H groups in total. The maximum Gasteiger partial charge on any atom is 0.289 e. The summed E-state index contributed by atoms with van der Waals surface area (Å²) in [5.41, 5.74) is 0.904. The fourth-order valence-electron chi connectivity index (χ4n) is 2.38. The molecule has 1 unspecified atom stereocenters. The average Bonchev–Trinajstić information content (AvgIpc) is 3.20. The molecule has 0 bridgehead atoms. The van der Waals surface area contributed by atoms with E-state index in [-0.39, 0.29) is 24.8 Å². The van der Waals surface area contributed by atoms with E-state index in [2.05, 4.69) is 4.98 Å². The van der Waals surface area contributed by atoms with Crippen molar-refractivity contribution in [3.63, 3.8) is 0 Å². The normalized spacial score (nSPS) is 12.5. The quantitative estimate of drug-likeness (QED) is 0.742. The van der Waals surface area contributed by atoms with Crippen LogP contribution in [0.15, 0.2) is 40.8 Å². The summed E-state index contributed by atoms with van der Waals surface area (Å²) >= 11 is 1.51. The number of benzene rings is 1. The fraction of sp³-hybridized carbons (Fsp3) is 0.294. The van der Waals surface area contributed by atoms with Crippen molar-refractivity contribution in [2.75, 3.05) is 27.3 Å². The molecule has 0 aliphatic carbocycles. The third-order valence-corrected chi connectivity index (χ3v) is 4.56. The number of hydrogen-bond acceptors (Lipinski definition) is 6. The van der Waals surface area contributed by atoms with Gasteiger partial charge in [-0.1, -0.05) is 12.1 Å². The predicted molar refractivity (Wildman–Crippen MR) is 92.2 cm³/mol. The first-order valence-corrected chi connectivity index (χ1v) is 8.28. The number of carbonyl (C=O) groups excluding carboxylic acids is 1. The summed E-state index contributed by atoms with van der Waals surface area (Å²) in [5.74, 6) is 0.485. The van der Waals surface area contributed by atoms with Crippen LogP contribution in [-0.4, -0.2) is 54.3 Å². The Morgan fingerprint density at radius 1 is 1.38 bits per heavy atom. The molecule has 0 fully saturated rings. The van der Waals surface area contributed by atoms with Gasteiger partial charge < -0.3 is 19.2 Å². The minimum absolute atomic E-state index is 0.170. The van der Waals surface area contributed by atoms with E-state index >= 15 is 0 Å². The summed E-state index contributed by atoms with van der Waals surface area (Å²) < 4.78 is 11.6. The first-order valence-electron chi connectivity index (χ1n) is 7.46. The highest BCUT2D eigenvalue weighted by Gasteiger charge is 2.20. The second kappa shape index (κ2) is 7.12. The summed E-state index contributed by atoms with van der Waals surface area (Å²) in [6, 6.07) is 11.2. The molecule has 0 aliphatic rings. The number of ether oxygens (including phenoxy) is 1. The Labute approximate surface area is 143 Å². The molecular weight excluding hydrogens is 328 g/mol. The van der Waals surface area contributed by atoms with Crippen LogP contribution >= 0.6 is 11.3 Å². The number of nitrogens with zero attached hydrogens (tertiary/aromatic N) is 2. The Hall–Kier alpha value is -2.22. The SMILES string of the molecule is COCC(O)CN(C)C(=O)c1ccc(-c2nc3ccccc3s2)o1. The zero-order chi connectivity index (χ0) is 17.1. The molecule has 3 aromatic rings. The van der Waals surface area contributed by atoms with Crippen molar-refractivity contribution >= 4 is 27.5 Å². The molecule has 7 heteroatoms. The Bertz CT molecular complexity index is 809. The second-order valence-electron chi connectivity index (χ2n) is 5.45. The number of rotatable bonds is 6. The number of furan rings is 1. The summed E-state index contributed by atoms with van der Waals surface area (Å²) in [6.45, 7) is 0.344. The van der Waals surface area contributed by atoms with Crippen molar-refractivity contribution in [2.45, 2.75) is 6.10 Å². The summed E-state index contributed by atoms with van der Waals surface area (Å²) in [6.07, 6.45) is -0.734. The van der Waals surface area contributed by atoms with E-state index < -0.39 is 6.10 Å². The second-order valence-corrected chi connectivity index (χ2v) is 6.48. The van der Waals surface area contributed by atoms with Crippen LogP contribution in [0.3, 0.4) is 0 Å². The van der Waals surface area contributed by atoms with Gasteiger partial charge in [-0.25, -0.2) is 4.98 Å². The molecule has 1 amide bonds. The van der Waals surface area contributed by atoms with Gasteiger partial charge in [-0.3, -0.25) is 4.79 Å². The van der Waals surface area contributed by atoms with Crippen molar-refractivity contribution in [2.24, 2.45) is 0 Å². The molecule has 0 saturated heterocycles. The number of para-hydroxylation sites is 1. The maximum atomic E-state index is 12.4. The number of methoxy groups -OCH3 is 1. The molecule has 24 heavy (non-hydrogen) atoms. The highest BCUT2D eigenvalue weighted by atomic mass is 32.1. The van der Waals surface area contributed by atoms with Gasteiger partial charge in [0.2, 0.25) is 0 Å². The molecular formula is C17H18N2O4S. The lowest BCUT2D eigenvalue weighted by Crippen LogP contribution is -2.36. The molecule has 2 aromatic heterocycles. The Morgan fingerprint density at radius 2 is 2.17 bits per heavy atom. The summed E-state index contributed by atoms with van der Waals surface area (Å²) in [5, 5.41) is 10.5. The molecule has 6 nitrogen and oxygen atoms in total. The zero-order valence-electron chi connectivity index (χ0n) is 13.4. The lowest BCUT2D eigenvalue weighted by atomic mass is 10.3. The molecule has 2 heterocycles. The van der Waals surface area contributed by atoms with Crippen LogP contribution < -0.4 is 0 Å². The van der Waals surface area contributed by atoms with Crippen molar-refractivity contribution in [3.05, 3.63) is 42.2 Å². The van der Waals surface area contributed by atoms with Gasteiger partial charge in [-0.2, -0.15) is 0 Å². The third-order valence-electron chi connectivity index (χ3n) is 3.51. The van der Waals surface area contributed by atoms with E-state index in [0.717, 1.165) is 15.2 Å². The van der Waals surface area contributed by atoms with E-state index in [1.54, 1.807) is 19.2 Å². The Balaban J connectivity index is 1.76. The van der Waals surface area contributed by atoms with Crippen LogP contribution in [0.25, 0.3) is 21.0 Å². The molecule has 0 radical (unpaired) electrons. The van der Waals surface area contributed by atoms with Gasteiger partial charge in [0.25, 0.3) is 5.91 Å². The van der Waals surface area contributed by atoms with Crippen molar-refractivity contribution < 1.29 is 19.1 Å². The molecule has 3 rings (SSSR count). The van der Waals surface area contributed by atoms with Crippen LogP contribution in [0.2, 0.25) is 0 Å². The Kier molecular flexibility index (Phi) is 4.94. The first kappa shape index (κ1) is 16.6. The molecule has 0 aliphatic heterocycles. The largest absolute Gasteiger partial charge is 0.448 e. The zero-order valence-corrected chi connectivity index (χ0v) is 14.2. The van der Waals surface area contributed by atoms with Gasteiger partial charge in [0.15, 0.2) is 16.5 Å². The fourth-order valence-corrected chi connectivity index (χ4v) is 3.31. The van der Waals surface area contributed by atoms with E-state index in [9.17, 15) is 9.90 Å². The van der Waals surface area contributed by atoms with Crippen LogP contribution in [0.4, 0.5) is 0 Å². The Morgan fingerprint density at radius 3 is 2.92 bits per heavy atom. The van der Waals surface area contributed by atoms with Crippen LogP contribution in [0, 0.1) is 0 Å². The summed E-state index contributed by atoms with van der Waals surface area (Å²) in [7, 11) is 3.11. The van der Waals surface area contributed by atoms with E-state index in [1.807, 2.05) is 24.3 Å². The van der Waals surface area contributed by atoms with Gasteiger partial charge in [0, 0.05) is 20.7 Å².